The van der Waals surface area contributed by atoms with E-state index in [1.54, 1.807) is 0 Å². The minimum Gasteiger partial charge on any atom is -0.468 e. The summed E-state index contributed by atoms with van der Waals surface area (Å²) in [5.74, 6) is -0.330. The Balaban J connectivity index is 1.97. The molecule has 0 spiro atoms. The van der Waals surface area contributed by atoms with Crippen molar-refractivity contribution in [2.45, 2.75) is 37.9 Å². The lowest BCUT2D eigenvalue weighted by Crippen LogP contribution is -2.34. The maximum atomic E-state index is 10.8. The normalized spacial score (nSPS) is 18.6. The van der Waals surface area contributed by atoms with Crippen LogP contribution in [0.1, 0.15) is 25.7 Å². The molecular weight excluding hydrogens is 210 g/mol. The van der Waals surface area contributed by atoms with Crippen molar-refractivity contribution >= 4 is 5.97 Å². The monoisotopic (exact) mass is 231 g/mol. The lowest BCUT2D eigenvalue weighted by atomic mass is 10.3. The fourth-order valence-corrected chi connectivity index (χ4v) is 1.77. The number of hydrogen-bond donors (Lipinski definition) is 2. The smallest absolute Gasteiger partial charge is 0.319 e. The van der Waals surface area contributed by atoms with E-state index < -0.39 is 6.10 Å². The summed E-state index contributed by atoms with van der Waals surface area (Å²) in [5, 5.41) is 12.4. The van der Waals surface area contributed by atoms with Gasteiger partial charge in [-0.15, -0.1) is 0 Å². The van der Waals surface area contributed by atoms with Gasteiger partial charge >= 0.3 is 5.97 Å². The Kier molecular flexibility index (Phi) is 6.37. The minimum atomic E-state index is -0.565. The van der Waals surface area contributed by atoms with Gasteiger partial charge in [0, 0.05) is 6.54 Å². The topological polar surface area (TPSA) is 67.8 Å². The van der Waals surface area contributed by atoms with Crippen LogP contribution < -0.4 is 5.32 Å². The number of carbonyl (C=O) groups excluding carboxylic acids is 1. The Morgan fingerprint density at radius 2 is 2.19 bits per heavy atom. The van der Waals surface area contributed by atoms with E-state index in [0.717, 1.165) is 12.8 Å². The van der Waals surface area contributed by atoms with Crippen LogP contribution in [0.2, 0.25) is 0 Å². The number of methoxy groups -OCH3 is 1. The van der Waals surface area contributed by atoms with E-state index in [1.165, 1.54) is 20.0 Å². The number of nitrogens with one attached hydrogen (secondary N) is 1. The molecule has 0 aromatic carbocycles. The molecule has 16 heavy (non-hydrogen) atoms. The molecule has 94 valence electrons. The second kappa shape index (κ2) is 7.60. The first-order valence-electron chi connectivity index (χ1n) is 5.79. The highest BCUT2D eigenvalue weighted by Gasteiger charge is 2.16. The molecule has 1 saturated carbocycles. The molecule has 5 heteroatoms. The summed E-state index contributed by atoms with van der Waals surface area (Å²) in [6.45, 7) is 0.803. The fourth-order valence-electron chi connectivity index (χ4n) is 1.77. The van der Waals surface area contributed by atoms with Crippen LogP contribution in [-0.2, 0) is 14.3 Å². The van der Waals surface area contributed by atoms with Crippen LogP contribution in [0.5, 0.6) is 0 Å². The molecule has 1 aliphatic carbocycles. The van der Waals surface area contributed by atoms with Gasteiger partial charge < -0.3 is 19.9 Å². The molecule has 5 nitrogen and oxygen atoms in total. The highest BCUT2D eigenvalue weighted by atomic mass is 16.5. The molecule has 0 heterocycles. The molecule has 1 fully saturated rings. The summed E-state index contributed by atoms with van der Waals surface area (Å²) in [7, 11) is 1.34. The second-order valence-electron chi connectivity index (χ2n) is 4.10. The van der Waals surface area contributed by atoms with Crippen LogP contribution in [-0.4, -0.2) is 50.1 Å². The molecule has 0 aliphatic heterocycles. The van der Waals surface area contributed by atoms with E-state index in [0.29, 0.717) is 19.3 Å². The number of aliphatic hydroxyl groups is 1. The summed E-state index contributed by atoms with van der Waals surface area (Å²) >= 11 is 0. The highest BCUT2D eigenvalue weighted by Crippen LogP contribution is 2.20. The van der Waals surface area contributed by atoms with Crippen molar-refractivity contribution in [2.75, 3.05) is 26.8 Å². The molecule has 1 aliphatic rings. The molecule has 0 aromatic heterocycles. The molecule has 0 aromatic rings. The Hall–Kier alpha value is -0.650. The van der Waals surface area contributed by atoms with Gasteiger partial charge in [-0.3, -0.25) is 4.79 Å². The van der Waals surface area contributed by atoms with Gasteiger partial charge in [-0.05, 0) is 12.8 Å². The van der Waals surface area contributed by atoms with Crippen molar-refractivity contribution < 1.29 is 19.4 Å². The summed E-state index contributed by atoms with van der Waals surface area (Å²) in [6, 6.07) is 0. The number of ether oxygens (including phenoxy) is 2. The molecule has 2 N–H and O–H groups in total. The van der Waals surface area contributed by atoms with Crippen LogP contribution >= 0.6 is 0 Å². The van der Waals surface area contributed by atoms with E-state index >= 15 is 0 Å². The summed E-state index contributed by atoms with van der Waals surface area (Å²) in [5.41, 5.74) is 0. The highest BCUT2D eigenvalue weighted by molar-refractivity contribution is 5.71. The molecule has 0 bridgehead atoms. The molecule has 1 rings (SSSR count). The van der Waals surface area contributed by atoms with E-state index in [4.69, 9.17) is 4.74 Å². The summed E-state index contributed by atoms with van der Waals surface area (Å²) in [6.07, 6.45) is 4.40. The molecule has 1 unspecified atom stereocenters. The first-order chi connectivity index (χ1) is 7.72. The zero-order chi connectivity index (χ0) is 11.8. The average molecular weight is 231 g/mol. The standard InChI is InChI=1S/C11H21NO4/c1-15-11(14)7-12-6-9(13)8-16-10-4-2-3-5-10/h9-10,12-13H,2-8H2,1H3. The van der Waals surface area contributed by atoms with Crippen molar-refractivity contribution in [2.24, 2.45) is 0 Å². The van der Waals surface area contributed by atoms with Gasteiger partial charge in [0.2, 0.25) is 0 Å². The van der Waals surface area contributed by atoms with Crippen molar-refractivity contribution in [1.82, 2.24) is 5.32 Å². The predicted molar refractivity (Wildman–Crippen MR) is 59.1 cm³/mol. The van der Waals surface area contributed by atoms with Gasteiger partial charge in [0.05, 0.1) is 32.5 Å². The second-order valence-corrected chi connectivity index (χ2v) is 4.10. The third kappa shape index (κ3) is 5.44. The number of esters is 1. The number of hydrogen-bond acceptors (Lipinski definition) is 5. The van der Waals surface area contributed by atoms with E-state index in [-0.39, 0.29) is 12.5 Å². The first kappa shape index (κ1) is 13.4. The zero-order valence-electron chi connectivity index (χ0n) is 9.78. The van der Waals surface area contributed by atoms with Crippen molar-refractivity contribution in [3.63, 3.8) is 0 Å². The minimum absolute atomic E-state index is 0.122. The van der Waals surface area contributed by atoms with E-state index in [2.05, 4.69) is 10.1 Å². The Bertz CT molecular complexity index is 204. The van der Waals surface area contributed by atoms with Crippen molar-refractivity contribution in [3.8, 4) is 0 Å². The SMILES string of the molecule is COC(=O)CNCC(O)COC1CCCC1. The quantitative estimate of drug-likeness (QED) is 0.607. The van der Waals surface area contributed by atoms with Gasteiger partial charge in [0.25, 0.3) is 0 Å². The third-order valence-electron chi connectivity index (χ3n) is 2.70. The third-order valence-corrected chi connectivity index (χ3v) is 2.70. The van der Waals surface area contributed by atoms with Gasteiger partial charge in [-0.2, -0.15) is 0 Å². The fraction of sp³-hybridized carbons (Fsp3) is 0.909. The number of rotatable bonds is 7. The molecular formula is C11H21NO4. The molecule has 0 radical (unpaired) electrons. The lowest BCUT2D eigenvalue weighted by molar-refractivity contribution is -0.139. The summed E-state index contributed by atoms with van der Waals surface area (Å²) in [4.78, 5) is 10.8. The van der Waals surface area contributed by atoms with Gasteiger partial charge in [-0.1, -0.05) is 12.8 Å². The van der Waals surface area contributed by atoms with Gasteiger partial charge in [-0.25, -0.2) is 0 Å². The largest absolute Gasteiger partial charge is 0.468 e. The van der Waals surface area contributed by atoms with Gasteiger partial charge in [0.15, 0.2) is 0 Å². The first-order valence-corrected chi connectivity index (χ1v) is 5.79. The van der Waals surface area contributed by atoms with Crippen molar-refractivity contribution in [3.05, 3.63) is 0 Å². The maximum absolute atomic E-state index is 10.8. The predicted octanol–water partition coefficient (Wildman–Crippen LogP) is 0.0691. The summed E-state index contributed by atoms with van der Waals surface area (Å²) < 4.78 is 10.0. The lowest BCUT2D eigenvalue weighted by Gasteiger charge is -2.15. The van der Waals surface area contributed by atoms with Crippen LogP contribution in [0.4, 0.5) is 0 Å². The Morgan fingerprint density at radius 3 is 2.81 bits per heavy atom. The molecule has 0 saturated heterocycles. The number of carbonyl (C=O) groups is 1. The van der Waals surface area contributed by atoms with E-state index in [1.807, 2.05) is 0 Å². The van der Waals surface area contributed by atoms with Crippen LogP contribution in [0.15, 0.2) is 0 Å². The van der Waals surface area contributed by atoms with Crippen LogP contribution in [0, 0.1) is 0 Å². The van der Waals surface area contributed by atoms with Crippen LogP contribution in [0.25, 0.3) is 0 Å². The molecule has 1 atom stereocenters. The number of aliphatic hydroxyl groups excluding tert-OH is 1. The average Bonchev–Trinajstić information content (AvgIpc) is 2.79. The van der Waals surface area contributed by atoms with Gasteiger partial charge in [0.1, 0.15) is 0 Å². The maximum Gasteiger partial charge on any atom is 0.319 e. The molecule has 0 amide bonds. The van der Waals surface area contributed by atoms with Crippen LogP contribution in [0.3, 0.4) is 0 Å². The van der Waals surface area contributed by atoms with E-state index in [9.17, 15) is 9.90 Å². The Labute approximate surface area is 96.1 Å². The Morgan fingerprint density at radius 1 is 1.50 bits per heavy atom. The van der Waals surface area contributed by atoms with Crippen molar-refractivity contribution in [1.29, 1.82) is 0 Å². The zero-order valence-corrected chi connectivity index (χ0v) is 9.78.